The smallest absolute Gasteiger partial charge is 0.220 e. The summed E-state index contributed by atoms with van der Waals surface area (Å²) < 4.78 is 0. The van der Waals surface area contributed by atoms with Gasteiger partial charge < -0.3 is 15.5 Å². The van der Waals surface area contributed by atoms with Gasteiger partial charge in [-0.1, -0.05) is 262 Å². The summed E-state index contributed by atoms with van der Waals surface area (Å²) in [5.41, 5.74) is 0. The van der Waals surface area contributed by atoms with E-state index in [1.807, 2.05) is 6.08 Å². The molecule has 0 spiro atoms. The predicted molar refractivity (Wildman–Crippen MR) is 258 cm³/mol. The van der Waals surface area contributed by atoms with E-state index in [-0.39, 0.29) is 12.5 Å². The highest BCUT2D eigenvalue weighted by Gasteiger charge is 2.18. The number of allylic oxidation sites excluding steroid dienone is 5. The van der Waals surface area contributed by atoms with Gasteiger partial charge in [0.2, 0.25) is 5.91 Å². The first-order valence-corrected chi connectivity index (χ1v) is 26.2. The fraction of sp³-hybridized carbons (Fsp3) is 0.870. The molecule has 0 aliphatic heterocycles. The number of aliphatic hydroxyl groups excluding tert-OH is 2. The van der Waals surface area contributed by atoms with Crippen molar-refractivity contribution < 1.29 is 15.0 Å². The minimum Gasteiger partial charge on any atom is -0.394 e. The van der Waals surface area contributed by atoms with Crippen LogP contribution in [0.1, 0.15) is 284 Å². The summed E-state index contributed by atoms with van der Waals surface area (Å²) in [6.45, 7) is 4.31. The Kier molecular flexibility index (Phi) is 48.8. The molecule has 0 aromatic heterocycles. The van der Waals surface area contributed by atoms with Crippen LogP contribution in [0.2, 0.25) is 0 Å². The number of rotatable bonds is 48. The van der Waals surface area contributed by atoms with E-state index in [9.17, 15) is 15.0 Å². The molecule has 0 aromatic rings. The number of amides is 1. The molecule has 4 nitrogen and oxygen atoms in total. The van der Waals surface area contributed by atoms with Crippen molar-refractivity contribution >= 4 is 5.91 Å². The Morgan fingerprint density at radius 2 is 0.707 bits per heavy atom. The van der Waals surface area contributed by atoms with Gasteiger partial charge in [0, 0.05) is 6.42 Å². The van der Waals surface area contributed by atoms with Crippen molar-refractivity contribution in [3.8, 4) is 0 Å². The van der Waals surface area contributed by atoms with Gasteiger partial charge in [-0.3, -0.25) is 4.79 Å². The summed E-state index contributed by atoms with van der Waals surface area (Å²) in [5, 5.41) is 23.0. The topological polar surface area (TPSA) is 69.6 Å². The normalized spacial score (nSPS) is 13.1. The third-order valence-electron chi connectivity index (χ3n) is 12.1. The molecule has 0 saturated heterocycles. The van der Waals surface area contributed by atoms with Crippen LogP contribution in [0.15, 0.2) is 36.5 Å². The fourth-order valence-corrected chi connectivity index (χ4v) is 8.09. The number of carbonyl (C=O) groups is 1. The highest BCUT2D eigenvalue weighted by Crippen LogP contribution is 2.17. The highest BCUT2D eigenvalue weighted by molar-refractivity contribution is 5.76. The lowest BCUT2D eigenvalue weighted by Crippen LogP contribution is -2.45. The van der Waals surface area contributed by atoms with Gasteiger partial charge in [-0.25, -0.2) is 0 Å². The zero-order valence-electron chi connectivity index (χ0n) is 39.3. The van der Waals surface area contributed by atoms with Crippen molar-refractivity contribution in [1.29, 1.82) is 0 Å². The predicted octanol–water partition coefficient (Wildman–Crippen LogP) is 16.9. The monoisotopic (exact) mass is 814 g/mol. The Morgan fingerprint density at radius 3 is 1.03 bits per heavy atom. The zero-order chi connectivity index (χ0) is 42.1. The van der Waals surface area contributed by atoms with Gasteiger partial charge in [-0.15, -0.1) is 0 Å². The Labute approximate surface area is 363 Å². The molecule has 0 aliphatic rings. The summed E-state index contributed by atoms with van der Waals surface area (Å²) in [7, 11) is 0. The summed E-state index contributed by atoms with van der Waals surface area (Å²) in [4.78, 5) is 12.4. The van der Waals surface area contributed by atoms with Crippen LogP contribution in [0.25, 0.3) is 0 Å². The molecule has 0 heterocycles. The first kappa shape index (κ1) is 56.6. The van der Waals surface area contributed by atoms with Gasteiger partial charge in [0.25, 0.3) is 0 Å². The number of aliphatic hydroxyl groups is 2. The van der Waals surface area contributed by atoms with Gasteiger partial charge in [-0.05, 0) is 51.4 Å². The van der Waals surface area contributed by atoms with E-state index in [0.717, 1.165) is 32.1 Å². The lowest BCUT2D eigenvalue weighted by atomic mass is 10.0. The SMILES string of the molecule is CCCCCCC/C=C\C/C=C\CCCCCCCCCCCCCCCCCCCCCCCC(=O)NC(CO)C(O)/C=C/CCCCCCCCCCCCC. The van der Waals surface area contributed by atoms with Gasteiger partial charge in [0.05, 0.1) is 18.8 Å². The van der Waals surface area contributed by atoms with Crippen LogP contribution in [0.3, 0.4) is 0 Å². The highest BCUT2D eigenvalue weighted by atomic mass is 16.3. The van der Waals surface area contributed by atoms with E-state index in [1.165, 1.54) is 231 Å². The molecule has 0 bridgehead atoms. The van der Waals surface area contributed by atoms with Gasteiger partial charge in [0.15, 0.2) is 0 Å². The van der Waals surface area contributed by atoms with Crippen molar-refractivity contribution in [2.75, 3.05) is 6.61 Å². The number of hydrogen-bond acceptors (Lipinski definition) is 3. The molecule has 342 valence electrons. The molecule has 2 unspecified atom stereocenters. The van der Waals surface area contributed by atoms with Crippen LogP contribution in [0.4, 0.5) is 0 Å². The molecule has 58 heavy (non-hydrogen) atoms. The van der Waals surface area contributed by atoms with E-state index in [2.05, 4.69) is 43.5 Å². The van der Waals surface area contributed by atoms with E-state index < -0.39 is 12.1 Å². The number of hydrogen-bond donors (Lipinski definition) is 3. The van der Waals surface area contributed by atoms with Crippen LogP contribution in [-0.2, 0) is 4.79 Å². The average Bonchev–Trinajstić information content (AvgIpc) is 3.23. The Morgan fingerprint density at radius 1 is 0.414 bits per heavy atom. The van der Waals surface area contributed by atoms with Crippen LogP contribution >= 0.6 is 0 Å². The summed E-state index contributed by atoms with van der Waals surface area (Å²) >= 11 is 0. The van der Waals surface area contributed by atoms with E-state index in [0.29, 0.717) is 6.42 Å². The van der Waals surface area contributed by atoms with Crippen molar-refractivity contribution in [3.63, 3.8) is 0 Å². The molecule has 4 heteroatoms. The maximum Gasteiger partial charge on any atom is 0.220 e. The molecule has 0 fully saturated rings. The maximum atomic E-state index is 12.4. The van der Waals surface area contributed by atoms with E-state index in [4.69, 9.17) is 0 Å². The van der Waals surface area contributed by atoms with Crippen molar-refractivity contribution in [2.45, 2.75) is 296 Å². The largest absolute Gasteiger partial charge is 0.394 e. The van der Waals surface area contributed by atoms with E-state index >= 15 is 0 Å². The first-order valence-electron chi connectivity index (χ1n) is 26.2. The van der Waals surface area contributed by atoms with Crippen molar-refractivity contribution in [2.24, 2.45) is 0 Å². The standard InChI is InChI=1S/C54H103NO3/c1-3-5-7-9-11-13-15-17-18-19-20-21-22-23-24-25-26-27-28-29-30-31-32-33-34-35-36-38-40-42-44-46-48-50-54(58)55-52(51-56)53(57)49-47-45-43-41-39-37-16-14-12-10-8-6-4-2/h15,17,19-20,47,49,52-53,56-57H,3-14,16,18,21-46,48,50-51H2,1-2H3,(H,55,58)/b17-15-,20-19-,49-47+. The summed E-state index contributed by atoms with van der Waals surface area (Å²) in [6.07, 6.45) is 67.2. The second-order valence-electron chi connectivity index (χ2n) is 17.9. The molecular weight excluding hydrogens is 711 g/mol. The molecule has 2 atom stereocenters. The molecule has 0 radical (unpaired) electrons. The van der Waals surface area contributed by atoms with Crippen LogP contribution in [-0.4, -0.2) is 34.9 Å². The molecule has 3 N–H and O–H groups in total. The van der Waals surface area contributed by atoms with Gasteiger partial charge in [0.1, 0.15) is 0 Å². The Balaban J connectivity index is 3.42. The minimum absolute atomic E-state index is 0.0605. The van der Waals surface area contributed by atoms with Crippen LogP contribution in [0.5, 0.6) is 0 Å². The zero-order valence-corrected chi connectivity index (χ0v) is 39.3. The van der Waals surface area contributed by atoms with Gasteiger partial charge >= 0.3 is 0 Å². The molecule has 0 rings (SSSR count). The number of nitrogens with one attached hydrogen (secondary N) is 1. The Bertz CT molecular complexity index is 882. The Hall–Kier alpha value is -1.39. The number of unbranched alkanes of at least 4 members (excludes halogenated alkanes) is 37. The van der Waals surface area contributed by atoms with Crippen LogP contribution < -0.4 is 5.32 Å². The molecular formula is C54H103NO3. The quantitative estimate of drug-likeness (QED) is 0.0423. The number of carbonyl (C=O) groups excluding carboxylic acids is 1. The van der Waals surface area contributed by atoms with Gasteiger partial charge in [-0.2, -0.15) is 0 Å². The third-order valence-corrected chi connectivity index (χ3v) is 12.1. The maximum absolute atomic E-state index is 12.4. The first-order chi connectivity index (χ1) is 28.7. The average molecular weight is 814 g/mol. The molecule has 0 aromatic carbocycles. The molecule has 0 aliphatic carbocycles. The second kappa shape index (κ2) is 50.0. The summed E-state index contributed by atoms with van der Waals surface area (Å²) in [5.74, 6) is -0.0605. The van der Waals surface area contributed by atoms with Crippen molar-refractivity contribution in [1.82, 2.24) is 5.32 Å². The lowest BCUT2D eigenvalue weighted by molar-refractivity contribution is -0.123. The molecule has 1 amide bonds. The fourth-order valence-electron chi connectivity index (χ4n) is 8.09. The lowest BCUT2D eigenvalue weighted by Gasteiger charge is -2.20. The van der Waals surface area contributed by atoms with Crippen molar-refractivity contribution in [3.05, 3.63) is 36.5 Å². The third kappa shape index (κ3) is 45.7. The second-order valence-corrected chi connectivity index (χ2v) is 17.9. The molecule has 0 saturated carbocycles. The minimum atomic E-state index is -0.836. The van der Waals surface area contributed by atoms with Crippen LogP contribution in [0, 0.1) is 0 Å². The summed E-state index contributed by atoms with van der Waals surface area (Å²) in [6, 6.07) is -0.619. The van der Waals surface area contributed by atoms with E-state index in [1.54, 1.807) is 6.08 Å².